The second-order valence-electron chi connectivity index (χ2n) is 7.20. The maximum absolute atomic E-state index is 12.8. The molecule has 5 heteroatoms. The van der Waals surface area contributed by atoms with E-state index in [-0.39, 0.29) is 11.9 Å². The molecule has 23 heavy (non-hydrogen) atoms. The van der Waals surface area contributed by atoms with Gasteiger partial charge in [-0.25, -0.2) is 0 Å². The third kappa shape index (κ3) is 1.98. The molecule has 1 amide bonds. The Balaban J connectivity index is 1.74. The largest absolute Gasteiger partial charge is 0.497 e. The van der Waals surface area contributed by atoms with E-state index in [9.17, 15) is 9.59 Å². The maximum Gasteiger partial charge on any atom is 0.313 e. The number of methoxy groups -OCH3 is 1. The lowest BCUT2D eigenvalue weighted by Gasteiger charge is -2.35. The molecule has 1 saturated carbocycles. The monoisotopic (exact) mass is 317 g/mol. The lowest BCUT2D eigenvalue weighted by atomic mass is 9.66. The molecule has 2 atom stereocenters. The van der Waals surface area contributed by atoms with Gasteiger partial charge in [0.25, 0.3) is 5.91 Å². The van der Waals surface area contributed by atoms with Gasteiger partial charge < -0.3 is 14.8 Å². The summed E-state index contributed by atoms with van der Waals surface area (Å²) in [6.45, 7) is 6.21. The van der Waals surface area contributed by atoms with E-state index in [0.29, 0.717) is 19.4 Å². The topological polar surface area (TPSA) is 64.6 Å². The van der Waals surface area contributed by atoms with Crippen molar-refractivity contribution in [1.82, 2.24) is 5.32 Å². The number of benzene rings is 1. The number of fused-ring (bicyclic) bond motifs is 2. The van der Waals surface area contributed by atoms with Crippen LogP contribution in [0.15, 0.2) is 24.3 Å². The van der Waals surface area contributed by atoms with Crippen molar-refractivity contribution in [2.75, 3.05) is 7.11 Å². The minimum Gasteiger partial charge on any atom is -0.497 e. The molecule has 1 aromatic rings. The molecule has 2 aliphatic rings. The summed E-state index contributed by atoms with van der Waals surface area (Å²) in [4.78, 5) is 25.0. The Bertz CT molecular complexity index is 651. The van der Waals surface area contributed by atoms with Crippen LogP contribution in [0.1, 0.15) is 39.2 Å². The summed E-state index contributed by atoms with van der Waals surface area (Å²) in [7, 11) is 1.61. The summed E-state index contributed by atoms with van der Waals surface area (Å²) < 4.78 is 10.7. The van der Waals surface area contributed by atoms with Crippen LogP contribution in [0, 0.1) is 10.8 Å². The average molecular weight is 317 g/mol. The molecule has 2 bridgehead atoms. The first-order chi connectivity index (χ1) is 10.8. The summed E-state index contributed by atoms with van der Waals surface area (Å²) in [5, 5.41) is 2.93. The first-order valence-electron chi connectivity index (χ1n) is 7.91. The maximum atomic E-state index is 12.8. The van der Waals surface area contributed by atoms with Crippen molar-refractivity contribution in [2.24, 2.45) is 10.8 Å². The SMILES string of the molecule is COc1ccc(CNC(=O)[C@@]23CC[C@](C)(C(=O)O2)C3(C)C)cc1. The predicted molar refractivity (Wildman–Crippen MR) is 84.8 cm³/mol. The molecular weight excluding hydrogens is 294 g/mol. The van der Waals surface area contributed by atoms with Gasteiger partial charge in [-0.2, -0.15) is 0 Å². The average Bonchev–Trinajstić information content (AvgIpc) is 2.83. The van der Waals surface area contributed by atoms with E-state index in [4.69, 9.17) is 9.47 Å². The fraction of sp³-hybridized carbons (Fsp3) is 0.556. The van der Waals surface area contributed by atoms with Gasteiger partial charge >= 0.3 is 5.97 Å². The van der Waals surface area contributed by atoms with E-state index in [1.807, 2.05) is 45.0 Å². The molecular formula is C18H23NO4. The first-order valence-corrected chi connectivity index (χ1v) is 7.91. The normalized spacial score (nSPS) is 30.9. The zero-order chi connectivity index (χ0) is 16.9. The zero-order valence-corrected chi connectivity index (χ0v) is 14.1. The molecule has 0 unspecified atom stereocenters. The number of amides is 1. The lowest BCUT2D eigenvalue weighted by molar-refractivity contribution is -0.168. The van der Waals surface area contributed by atoms with Crippen LogP contribution in [0.25, 0.3) is 0 Å². The van der Waals surface area contributed by atoms with Crippen molar-refractivity contribution in [2.45, 2.75) is 45.8 Å². The van der Waals surface area contributed by atoms with E-state index in [0.717, 1.165) is 11.3 Å². The van der Waals surface area contributed by atoms with Crippen LogP contribution >= 0.6 is 0 Å². The highest BCUT2D eigenvalue weighted by Gasteiger charge is 2.75. The fourth-order valence-corrected chi connectivity index (χ4v) is 3.82. The molecule has 1 heterocycles. The third-order valence-electron chi connectivity index (χ3n) is 6.06. The van der Waals surface area contributed by atoms with Gasteiger partial charge in [0.1, 0.15) is 5.75 Å². The van der Waals surface area contributed by atoms with Gasteiger partial charge in [0.2, 0.25) is 0 Å². The second-order valence-corrected chi connectivity index (χ2v) is 7.20. The molecule has 0 spiro atoms. The minimum absolute atomic E-state index is 0.201. The van der Waals surface area contributed by atoms with Crippen LogP contribution in [0.4, 0.5) is 0 Å². The summed E-state index contributed by atoms with van der Waals surface area (Å²) in [6.07, 6.45) is 1.27. The molecule has 1 N–H and O–H groups in total. The fourth-order valence-electron chi connectivity index (χ4n) is 3.82. The molecule has 1 aliphatic carbocycles. The Kier molecular flexibility index (Phi) is 3.43. The van der Waals surface area contributed by atoms with Crippen molar-refractivity contribution < 1.29 is 19.1 Å². The predicted octanol–water partition coefficient (Wildman–Crippen LogP) is 2.43. The van der Waals surface area contributed by atoms with Gasteiger partial charge in [0, 0.05) is 12.0 Å². The quantitative estimate of drug-likeness (QED) is 0.866. The molecule has 3 rings (SSSR count). The molecule has 124 valence electrons. The summed E-state index contributed by atoms with van der Waals surface area (Å²) in [5.41, 5.74) is -1.17. The number of nitrogens with one attached hydrogen (secondary N) is 1. The Morgan fingerprint density at radius 1 is 1.22 bits per heavy atom. The summed E-state index contributed by atoms with van der Waals surface area (Å²) in [5.74, 6) is 0.317. The summed E-state index contributed by atoms with van der Waals surface area (Å²) >= 11 is 0. The number of ether oxygens (including phenoxy) is 2. The number of hydrogen-bond acceptors (Lipinski definition) is 4. The van der Waals surface area contributed by atoms with Crippen molar-refractivity contribution in [3.63, 3.8) is 0 Å². The molecule has 1 aromatic carbocycles. The highest BCUT2D eigenvalue weighted by Crippen LogP contribution is 2.65. The van der Waals surface area contributed by atoms with Gasteiger partial charge in [-0.05, 0) is 37.5 Å². The number of hydrogen-bond donors (Lipinski definition) is 1. The van der Waals surface area contributed by atoms with E-state index in [2.05, 4.69) is 5.32 Å². The van der Waals surface area contributed by atoms with Crippen LogP contribution in [-0.2, 0) is 20.9 Å². The van der Waals surface area contributed by atoms with Gasteiger partial charge in [-0.1, -0.05) is 26.0 Å². The van der Waals surface area contributed by atoms with Crippen LogP contribution in [0.5, 0.6) is 5.75 Å². The van der Waals surface area contributed by atoms with Crippen molar-refractivity contribution in [1.29, 1.82) is 0 Å². The van der Waals surface area contributed by atoms with Crippen molar-refractivity contribution >= 4 is 11.9 Å². The Morgan fingerprint density at radius 2 is 1.87 bits per heavy atom. The van der Waals surface area contributed by atoms with Crippen molar-refractivity contribution in [3.05, 3.63) is 29.8 Å². The lowest BCUT2D eigenvalue weighted by Crippen LogP contribution is -2.53. The third-order valence-corrected chi connectivity index (χ3v) is 6.06. The van der Waals surface area contributed by atoms with Crippen LogP contribution in [0.2, 0.25) is 0 Å². The van der Waals surface area contributed by atoms with Crippen LogP contribution < -0.4 is 10.1 Å². The molecule has 5 nitrogen and oxygen atoms in total. The zero-order valence-electron chi connectivity index (χ0n) is 14.1. The van der Waals surface area contributed by atoms with Crippen LogP contribution in [0.3, 0.4) is 0 Å². The molecule has 1 saturated heterocycles. The van der Waals surface area contributed by atoms with E-state index >= 15 is 0 Å². The van der Waals surface area contributed by atoms with Gasteiger partial charge in [-0.15, -0.1) is 0 Å². The number of carbonyl (C=O) groups excluding carboxylic acids is 2. The number of rotatable bonds is 4. The first kappa shape index (κ1) is 15.8. The molecule has 1 aliphatic heterocycles. The van der Waals surface area contributed by atoms with Gasteiger partial charge in [-0.3, -0.25) is 9.59 Å². The Morgan fingerprint density at radius 3 is 2.35 bits per heavy atom. The van der Waals surface area contributed by atoms with E-state index in [1.54, 1.807) is 7.11 Å². The van der Waals surface area contributed by atoms with Crippen LogP contribution in [-0.4, -0.2) is 24.6 Å². The van der Waals surface area contributed by atoms with Crippen molar-refractivity contribution in [3.8, 4) is 5.75 Å². The molecule has 0 aromatic heterocycles. The van der Waals surface area contributed by atoms with Gasteiger partial charge in [0.05, 0.1) is 12.5 Å². The highest BCUT2D eigenvalue weighted by atomic mass is 16.6. The molecule has 2 fully saturated rings. The Labute approximate surface area is 136 Å². The van der Waals surface area contributed by atoms with Gasteiger partial charge in [0.15, 0.2) is 5.60 Å². The summed E-state index contributed by atoms with van der Waals surface area (Å²) in [6, 6.07) is 7.51. The number of esters is 1. The van der Waals surface area contributed by atoms with E-state index < -0.39 is 16.4 Å². The minimum atomic E-state index is -1.05. The second kappa shape index (κ2) is 4.98. The smallest absolute Gasteiger partial charge is 0.313 e. The molecule has 0 radical (unpaired) electrons. The Hall–Kier alpha value is -2.04. The standard InChI is InChI=1S/C18H23NO4/c1-16(2)17(3)9-10-18(16,23-15(17)21)14(20)19-11-12-5-7-13(22-4)8-6-12/h5-8H,9-11H2,1-4H3,(H,19,20)/t17-,18-/m1/s1. The highest BCUT2D eigenvalue weighted by molar-refractivity contribution is 5.96. The number of carbonyl (C=O) groups is 2. The van der Waals surface area contributed by atoms with E-state index in [1.165, 1.54) is 0 Å².